The lowest BCUT2D eigenvalue weighted by molar-refractivity contribution is 1.31. The van der Waals surface area contributed by atoms with Crippen molar-refractivity contribution in [3.8, 4) is 6.07 Å². The quantitative estimate of drug-likeness (QED) is 0.525. The van der Waals surface area contributed by atoms with Crippen molar-refractivity contribution in [1.29, 1.82) is 5.26 Å². The molecule has 1 aromatic carbocycles. The molecule has 0 fully saturated rings. The van der Waals surface area contributed by atoms with Gasteiger partial charge in [-0.1, -0.05) is 30.0 Å². The van der Waals surface area contributed by atoms with E-state index in [0.29, 0.717) is 0 Å². The lowest BCUT2D eigenvalue weighted by atomic mass is 10.2. The predicted molar refractivity (Wildman–Crippen MR) is 56.4 cm³/mol. The first-order valence-electron chi connectivity index (χ1n) is 4.03. The molecule has 1 aromatic rings. The Morgan fingerprint density at radius 1 is 1.46 bits per heavy atom. The van der Waals surface area contributed by atoms with Gasteiger partial charge in [-0.25, -0.2) is 0 Å². The first-order valence-corrected chi connectivity index (χ1v) is 4.91. The number of nitrogens with zero attached hydrogens (tertiary/aromatic N) is 1. The molecular weight excluding hydrogens is 178 g/mol. The fraction of sp³-hybridized carbons (Fsp3) is 0.182. The summed E-state index contributed by atoms with van der Waals surface area (Å²) in [5.41, 5.74) is 1.99. The van der Waals surface area contributed by atoms with Gasteiger partial charge in [-0.3, -0.25) is 0 Å². The second kappa shape index (κ2) is 4.74. The van der Waals surface area contributed by atoms with Crippen molar-refractivity contribution in [2.75, 3.05) is 0 Å². The van der Waals surface area contributed by atoms with Crippen LogP contribution in [0.2, 0.25) is 0 Å². The van der Waals surface area contributed by atoms with Crippen LogP contribution in [0.4, 0.5) is 0 Å². The largest absolute Gasteiger partial charge is 0.193 e. The number of aryl methyl sites for hydroxylation is 1. The van der Waals surface area contributed by atoms with Gasteiger partial charge in [0.1, 0.15) is 0 Å². The second-order valence-corrected chi connectivity index (χ2v) is 3.71. The summed E-state index contributed by atoms with van der Waals surface area (Å²) in [6, 6.07) is 10.2. The van der Waals surface area contributed by atoms with Crippen LogP contribution >= 0.6 is 11.8 Å². The summed E-state index contributed by atoms with van der Waals surface area (Å²) >= 11 is 1.60. The molecule has 0 aromatic heterocycles. The van der Waals surface area contributed by atoms with Crippen LogP contribution in [-0.4, -0.2) is 0 Å². The Hall–Kier alpha value is -1.20. The van der Waals surface area contributed by atoms with Gasteiger partial charge in [0.15, 0.2) is 0 Å². The molecule has 0 atom stereocenters. The van der Waals surface area contributed by atoms with Gasteiger partial charge in [0.25, 0.3) is 0 Å². The molecule has 2 heteroatoms. The standard InChI is InChI=1S/C11H11NS/c1-9(7-12)8-13-11-6-4-3-5-10(11)2/h3-6,8H,1-2H3. The SMILES string of the molecule is CC(C#N)=CSc1ccccc1C. The van der Waals surface area contributed by atoms with E-state index in [9.17, 15) is 0 Å². The Bertz CT molecular complexity index is 361. The molecule has 13 heavy (non-hydrogen) atoms. The van der Waals surface area contributed by atoms with E-state index in [0.717, 1.165) is 5.57 Å². The topological polar surface area (TPSA) is 23.8 Å². The van der Waals surface area contributed by atoms with Gasteiger partial charge in [0, 0.05) is 10.5 Å². The molecule has 0 aliphatic rings. The Kier molecular flexibility index (Phi) is 3.60. The van der Waals surface area contributed by atoms with Crippen molar-refractivity contribution in [2.45, 2.75) is 18.7 Å². The number of allylic oxidation sites excluding steroid dienone is 1. The van der Waals surface area contributed by atoms with Gasteiger partial charge in [-0.15, -0.1) is 0 Å². The van der Waals surface area contributed by atoms with Crippen molar-refractivity contribution in [2.24, 2.45) is 0 Å². The lowest BCUT2D eigenvalue weighted by Crippen LogP contribution is -1.75. The Morgan fingerprint density at radius 2 is 2.15 bits per heavy atom. The maximum Gasteiger partial charge on any atom is 0.0949 e. The average Bonchev–Trinajstić information content (AvgIpc) is 2.16. The number of rotatable bonds is 2. The number of nitriles is 1. The third-order valence-corrected chi connectivity index (χ3v) is 2.82. The summed E-state index contributed by atoms with van der Waals surface area (Å²) in [5, 5.41) is 10.4. The normalized spacial score (nSPS) is 11.0. The van der Waals surface area contributed by atoms with Gasteiger partial charge in [-0.05, 0) is 30.9 Å². The molecule has 0 bridgehead atoms. The maximum absolute atomic E-state index is 8.55. The first kappa shape index (κ1) is 9.88. The van der Waals surface area contributed by atoms with E-state index >= 15 is 0 Å². The molecule has 0 saturated carbocycles. The van der Waals surface area contributed by atoms with Gasteiger partial charge in [0.05, 0.1) is 6.07 Å². The average molecular weight is 189 g/mol. The Balaban J connectivity index is 2.77. The zero-order chi connectivity index (χ0) is 9.68. The zero-order valence-corrected chi connectivity index (χ0v) is 8.56. The van der Waals surface area contributed by atoms with Gasteiger partial charge < -0.3 is 0 Å². The minimum Gasteiger partial charge on any atom is -0.193 e. The zero-order valence-electron chi connectivity index (χ0n) is 7.74. The van der Waals surface area contributed by atoms with Gasteiger partial charge >= 0.3 is 0 Å². The van der Waals surface area contributed by atoms with Gasteiger partial charge in [0.2, 0.25) is 0 Å². The molecule has 0 aliphatic carbocycles. The van der Waals surface area contributed by atoms with Crippen LogP contribution in [-0.2, 0) is 0 Å². The highest BCUT2D eigenvalue weighted by Gasteiger charge is 1.94. The molecule has 0 heterocycles. The second-order valence-electron chi connectivity index (χ2n) is 2.80. The van der Waals surface area contributed by atoms with Crippen LogP contribution in [0.3, 0.4) is 0 Å². The fourth-order valence-electron chi connectivity index (χ4n) is 0.867. The molecule has 0 radical (unpaired) electrons. The van der Waals surface area contributed by atoms with Crippen molar-refractivity contribution >= 4 is 11.8 Å². The summed E-state index contributed by atoms with van der Waals surface area (Å²) in [4.78, 5) is 1.21. The molecule has 0 amide bonds. The summed E-state index contributed by atoms with van der Waals surface area (Å²) in [6.07, 6.45) is 0. The van der Waals surface area contributed by atoms with Crippen molar-refractivity contribution in [3.05, 3.63) is 40.8 Å². The number of thioether (sulfide) groups is 1. The molecule has 0 aliphatic heterocycles. The van der Waals surface area contributed by atoms with Crippen molar-refractivity contribution in [1.82, 2.24) is 0 Å². The maximum atomic E-state index is 8.55. The number of hydrogen-bond donors (Lipinski definition) is 0. The molecule has 1 rings (SSSR count). The van der Waals surface area contributed by atoms with Crippen LogP contribution in [0.1, 0.15) is 12.5 Å². The van der Waals surface area contributed by atoms with Gasteiger partial charge in [-0.2, -0.15) is 5.26 Å². The third-order valence-electron chi connectivity index (χ3n) is 1.63. The smallest absolute Gasteiger partial charge is 0.0949 e. The summed E-state index contributed by atoms with van der Waals surface area (Å²) in [5.74, 6) is 0. The van der Waals surface area contributed by atoms with Crippen LogP contribution in [0.15, 0.2) is 40.1 Å². The van der Waals surface area contributed by atoms with Crippen LogP contribution in [0, 0.1) is 18.3 Å². The molecule has 0 N–H and O–H groups in total. The minimum absolute atomic E-state index is 0.744. The first-order chi connectivity index (χ1) is 6.24. The van der Waals surface area contributed by atoms with E-state index < -0.39 is 0 Å². The highest BCUT2D eigenvalue weighted by Crippen LogP contribution is 2.23. The summed E-state index contributed by atoms with van der Waals surface area (Å²) in [6.45, 7) is 3.88. The minimum atomic E-state index is 0.744. The van der Waals surface area contributed by atoms with E-state index in [2.05, 4.69) is 25.1 Å². The highest BCUT2D eigenvalue weighted by atomic mass is 32.2. The Morgan fingerprint density at radius 3 is 2.77 bits per heavy atom. The molecule has 66 valence electrons. The molecule has 0 spiro atoms. The van der Waals surface area contributed by atoms with E-state index in [1.165, 1.54) is 10.5 Å². The molecule has 0 saturated heterocycles. The third kappa shape index (κ3) is 2.96. The van der Waals surface area contributed by atoms with E-state index in [1.807, 2.05) is 24.5 Å². The number of hydrogen-bond acceptors (Lipinski definition) is 2. The summed E-state index contributed by atoms with van der Waals surface area (Å²) in [7, 11) is 0. The van der Waals surface area contributed by atoms with Crippen molar-refractivity contribution in [3.63, 3.8) is 0 Å². The van der Waals surface area contributed by atoms with Crippen LogP contribution < -0.4 is 0 Å². The van der Waals surface area contributed by atoms with Crippen LogP contribution in [0.5, 0.6) is 0 Å². The highest BCUT2D eigenvalue weighted by molar-refractivity contribution is 8.02. The monoisotopic (exact) mass is 189 g/mol. The van der Waals surface area contributed by atoms with E-state index in [4.69, 9.17) is 5.26 Å². The lowest BCUT2D eigenvalue weighted by Gasteiger charge is -1.99. The predicted octanol–water partition coefficient (Wildman–Crippen LogP) is 3.51. The van der Waals surface area contributed by atoms with E-state index in [-0.39, 0.29) is 0 Å². The molecule has 1 nitrogen and oxygen atoms in total. The Labute approximate surface area is 83.1 Å². The summed E-state index contributed by atoms with van der Waals surface area (Å²) < 4.78 is 0. The fourth-order valence-corrected chi connectivity index (χ4v) is 1.63. The molecule has 0 unspecified atom stereocenters. The van der Waals surface area contributed by atoms with E-state index in [1.54, 1.807) is 11.8 Å². The molecular formula is C11H11NS. The van der Waals surface area contributed by atoms with Crippen LogP contribution in [0.25, 0.3) is 0 Å². The number of benzene rings is 1. The van der Waals surface area contributed by atoms with Crippen molar-refractivity contribution < 1.29 is 0 Å².